The van der Waals surface area contributed by atoms with E-state index in [0.717, 1.165) is 7.69 Å². The third-order valence-corrected chi connectivity index (χ3v) is 1.10. The van der Waals surface area contributed by atoms with E-state index >= 15 is 0 Å². The van der Waals surface area contributed by atoms with Crippen molar-refractivity contribution in [1.82, 2.24) is 0 Å². The topological polar surface area (TPSA) is 99.4 Å². The van der Waals surface area contributed by atoms with Crippen LogP contribution in [0.25, 0.3) is 0 Å². The van der Waals surface area contributed by atoms with Gasteiger partial charge in [0.25, 0.3) is 0 Å². The third kappa shape index (κ3) is 32.0. The van der Waals surface area contributed by atoms with Crippen molar-refractivity contribution >= 4 is 31.7 Å². The van der Waals surface area contributed by atoms with E-state index in [4.69, 9.17) is 24.4 Å². The molecule has 0 fully saturated rings. The van der Waals surface area contributed by atoms with E-state index in [2.05, 4.69) is 4.57 Å². The average Bonchev–Trinajstić information content (AvgIpc) is 1.86. The fraction of sp³-hybridized carbons (Fsp3) is 1.00. The lowest BCUT2D eigenvalue weighted by molar-refractivity contribution is 0.278. The molecule has 0 aliphatic rings. The van der Waals surface area contributed by atoms with Crippen molar-refractivity contribution in [3.63, 3.8) is 0 Å². The minimum Gasteiger partial charge on any atom is -0.459 e. The second kappa shape index (κ2) is 11.2. The molecular formula is C2H11B3O6Si. The second-order valence-electron chi connectivity index (χ2n) is 1.87. The maximum atomic E-state index is 7.94. The summed E-state index contributed by atoms with van der Waals surface area (Å²) in [5.41, 5.74) is 0. The first-order valence-corrected chi connectivity index (χ1v) is 5.91. The number of hydrogen-bond donors (Lipinski definition) is 4. The summed E-state index contributed by atoms with van der Waals surface area (Å²) in [7, 11) is -1.46. The molecule has 0 aromatic heterocycles. The van der Waals surface area contributed by atoms with Crippen LogP contribution in [0.1, 0.15) is 0 Å². The van der Waals surface area contributed by atoms with Gasteiger partial charge in [-0.25, -0.2) is 0 Å². The quantitative estimate of drug-likeness (QED) is 0.280. The Hall–Kier alpha value is 0.172. The molecule has 0 aromatic rings. The van der Waals surface area contributed by atoms with E-state index < -0.39 is 16.4 Å². The molecule has 0 spiro atoms. The molecule has 2 radical (unpaired) electrons. The van der Waals surface area contributed by atoms with E-state index in [-0.39, 0.29) is 0 Å². The first-order valence-electron chi connectivity index (χ1n) is 3.13. The van der Waals surface area contributed by atoms with E-state index in [1.165, 1.54) is 0 Å². The van der Waals surface area contributed by atoms with Crippen LogP contribution in [0.15, 0.2) is 0 Å². The Bertz CT molecular complexity index is 80.4. The van der Waals surface area contributed by atoms with Gasteiger partial charge in [-0.05, 0) is 13.1 Å². The monoisotopic (exact) mass is 192 g/mol. The molecule has 0 aromatic carbocycles. The van der Waals surface area contributed by atoms with Crippen LogP contribution in [0.5, 0.6) is 0 Å². The van der Waals surface area contributed by atoms with Crippen LogP contribution >= 0.6 is 0 Å². The Kier molecular flexibility index (Phi) is 13.7. The summed E-state index contributed by atoms with van der Waals surface area (Å²) < 4.78 is 9.14. The molecule has 0 heterocycles. The fourth-order valence-electron chi connectivity index (χ4n) is 0.168. The predicted octanol–water partition coefficient (Wildman–Crippen LogP) is -2.99. The lowest BCUT2D eigenvalue weighted by Gasteiger charge is -2.01. The highest BCUT2D eigenvalue weighted by molar-refractivity contribution is 6.55. The summed E-state index contributed by atoms with van der Waals surface area (Å²) in [6, 6.07) is 0. The van der Waals surface area contributed by atoms with Gasteiger partial charge in [0, 0.05) is 0 Å². The molecular weight excluding hydrogens is 181 g/mol. The Labute approximate surface area is 74.7 Å². The van der Waals surface area contributed by atoms with Crippen molar-refractivity contribution in [1.29, 1.82) is 0 Å². The lowest BCUT2D eigenvalue weighted by atomic mass is 10.3. The van der Waals surface area contributed by atoms with Crippen LogP contribution in [-0.4, -0.2) is 51.8 Å². The van der Waals surface area contributed by atoms with E-state index in [1.54, 1.807) is 0 Å². The highest BCUT2D eigenvalue weighted by Crippen LogP contribution is 1.79. The normalized spacial score (nSPS) is 8.58. The van der Waals surface area contributed by atoms with Gasteiger partial charge in [0.2, 0.25) is 0 Å². The molecule has 0 rings (SSSR count). The minimum atomic E-state index is -2.17. The molecule has 0 aliphatic carbocycles. The largest absolute Gasteiger partial charge is 0.631 e. The van der Waals surface area contributed by atoms with E-state index in [9.17, 15) is 0 Å². The molecule has 0 bridgehead atoms. The maximum Gasteiger partial charge on any atom is 0.631 e. The first kappa shape index (κ1) is 14.7. The average molecular weight is 192 g/mol. The van der Waals surface area contributed by atoms with Crippen LogP contribution in [0.3, 0.4) is 0 Å². The molecule has 10 heteroatoms. The van der Waals surface area contributed by atoms with E-state index in [1.807, 2.05) is 13.1 Å². The summed E-state index contributed by atoms with van der Waals surface area (Å²) in [6.07, 6.45) is 0. The Balaban J connectivity index is 0. The summed E-state index contributed by atoms with van der Waals surface area (Å²) in [6.45, 7) is 3.99. The van der Waals surface area contributed by atoms with Gasteiger partial charge in [0.05, 0.1) is 0 Å². The zero-order chi connectivity index (χ0) is 9.98. The van der Waals surface area contributed by atoms with Crippen LogP contribution in [0.2, 0.25) is 13.1 Å². The lowest BCUT2D eigenvalue weighted by Crippen LogP contribution is -2.15. The summed E-state index contributed by atoms with van der Waals surface area (Å²) in [5, 5.41) is 29.4. The summed E-state index contributed by atoms with van der Waals surface area (Å²) in [4.78, 5) is 0. The van der Waals surface area contributed by atoms with Gasteiger partial charge in [-0.15, -0.1) is 0 Å². The molecule has 0 aliphatic heterocycles. The predicted molar refractivity (Wildman–Crippen MR) is 47.2 cm³/mol. The Morgan fingerprint density at radius 3 is 1.92 bits per heavy atom. The van der Waals surface area contributed by atoms with Crippen molar-refractivity contribution in [3.05, 3.63) is 0 Å². The molecule has 0 saturated carbocycles. The Morgan fingerprint density at radius 2 is 1.67 bits per heavy atom. The first-order chi connectivity index (χ1) is 5.50. The molecule has 4 N–H and O–H groups in total. The zero-order valence-corrected chi connectivity index (χ0v) is 8.07. The molecule has 6 nitrogen and oxygen atoms in total. The summed E-state index contributed by atoms with van der Waals surface area (Å²) >= 11 is 0. The minimum absolute atomic E-state index is 0.580. The van der Waals surface area contributed by atoms with Crippen molar-refractivity contribution in [2.75, 3.05) is 0 Å². The molecule has 12 heavy (non-hydrogen) atoms. The van der Waals surface area contributed by atoms with Gasteiger partial charge in [-0.2, -0.15) is 0 Å². The third-order valence-electron chi connectivity index (χ3n) is 0.444. The molecule has 0 amide bonds. The van der Waals surface area contributed by atoms with Crippen LogP contribution < -0.4 is 0 Å². The number of rotatable bonds is 4. The van der Waals surface area contributed by atoms with Gasteiger partial charge in [0.1, 0.15) is 0 Å². The van der Waals surface area contributed by atoms with Crippen LogP contribution in [-0.2, 0) is 8.92 Å². The molecule has 0 atom stereocenters. The molecule has 0 unspecified atom stereocenters. The SMILES string of the molecule is C[SiH](C)O[B]O[B]O.OB(O)O. The van der Waals surface area contributed by atoms with Crippen LogP contribution in [0.4, 0.5) is 0 Å². The molecule has 68 valence electrons. The van der Waals surface area contributed by atoms with Crippen molar-refractivity contribution < 1.29 is 29.0 Å². The Morgan fingerprint density at radius 1 is 1.25 bits per heavy atom. The van der Waals surface area contributed by atoms with Crippen LogP contribution in [0, 0.1) is 0 Å². The fourth-order valence-corrected chi connectivity index (χ4v) is 0.454. The van der Waals surface area contributed by atoms with Gasteiger partial charge in [0.15, 0.2) is 9.04 Å². The van der Waals surface area contributed by atoms with Crippen molar-refractivity contribution in [2.24, 2.45) is 0 Å². The smallest absolute Gasteiger partial charge is 0.459 e. The maximum absolute atomic E-state index is 7.94. The zero-order valence-electron chi connectivity index (χ0n) is 6.91. The van der Waals surface area contributed by atoms with Crippen molar-refractivity contribution in [2.45, 2.75) is 13.1 Å². The van der Waals surface area contributed by atoms with Gasteiger partial charge in [-0.3, -0.25) is 0 Å². The standard InChI is InChI=1S/C2H8B2O3Si.BH3O3/c1-8(2)7-4-6-3-5;2-1(3)4/h5,8H,1-2H3;2-4H. The van der Waals surface area contributed by atoms with Gasteiger partial charge >= 0.3 is 22.7 Å². The highest BCUT2D eigenvalue weighted by atomic mass is 28.3. The van der Waals surface area contributed by atoms with Crippen molar-refractivity contribution in [3.8, 4) is 0 Å². The van der Waals surface area contributed by atoms with E-state index in [0.29, 0.717) is 7.69 Å². The number of hydrogen-bond acceptors (Lipinski definition) is 6. The summed E-state index contributed by atoms with van der Waals surface area (Å²) in [5.74, 6) is 0. The van der Waals surface area contributed by atoms with Gasteiger partial charge in [-0.1, -0.05) is 0 Å². The highest BCUT2D eigenvalue weighted by Gasteiger charge is 1.97. The second-order valence-corrected chi connectivity index (χ2v) is 4.24. The van der Waals surface area contributed by atoms with Gasteiger partial charge < -0.3 is 29.0 Å². The molecule has 0 saturated heterocycles.